The molecule has 5 heteroatoms. The van der Waals surface area contributed by atoms with Crippen molar-refractivity contribution in [2.24, 2.45) is 0 Å². The molecule has 0 fully saturated rings. The Morgan fingerprint density at radius 1 is 1.32 bits per heavy atom. The van der Waals surface area contributed by atoms with E-state index in [-0.39, 0.29) is 12.5 Å². The van der Waals surface area contributed by atoms with Crippen LogP contribution >= 0.6 is 11.3 Å². The number of para-hydroxylation sites is 1. The van der Waals surface area contributed by atoms with Crippen LogP contribution in [0, 0.1) is 0 Å². The topological polar surface area (TPSA) is 58.6 Å². The van der Waals surface area contributed by atoms with Gasteiger partial charge in [-0.1, -0.05) is 24.3 Å². The predicted molar refractivity (Wildman–Crippen MR) is 87.2 cm³/mol. The van der Waals surface area contributed by atoms with Gasteiger partial charge in [0.1, 0.15) is 12.4 Å². The van der Waals surface area contributed by atoms with Crippen LogP contribution < -0.4 is 10.1 Å². The second-order valence-electron chi connectivity index (χ2n) is 5.18. The maximum absolute atomic E-state index is 11.0. The average molecular weight is 315 g/mol. The lowest BCUT2D eigenvalue weighted by molar-refractivity contribution is -0.137. The highest BCUT2D eigenvalue weighted by atomic mass is 32.1. The molecule has 2 aromatic rings. The first-order valence-corrected chi connectivity index (χ1v) is 8.00. The SMILES string of the molecule is O=C(O)CC(NCC1=Cc2ccccc2OC1)c1cccs1. The van der Waals surface area contributed by atoms with Crippen LogP contribution in [0.2, 0.25) is 0 Å². The van der Waals surface area contributed by atoms with E-state index in [1.54, 1.807) is 11.3 Å². The van der Waals surface area contributed by atoms with Crippen molar-refractivity contribution < 1.29 is 14.6 Å². The molecule has 1 aromatic heterocycles. The Labute approximate surface area is 133 Å². The first kappa shape index (κ1) is 14.8. The maximum Gasteiger partial charge on any atom is 0.305 e. The van der Waals surface area contributed by atoms with Gasteiger partial charge in [0.2, 0.25) is 0 Å². The van der Waals surface area contributed by atoms with E-state index < -0.39 is 5.97 Å². The molecule has 0 saturated carbocycles. The van der Waals surface area contributed by atoms with E-state index in [9.17, 15) is 4.79 Å². The third-order valence-electron chi connectivity index (χ3n) is 3.53. The predicted octanol–water partition coefficient (Wildman–Crippen LogP) is 3.33. The number of nitrogens with one attached hydrogen (secondary N) is 1. The fourth-order valence-electron chi connectivity index (χ4n) is 2.46. The zero-order valence-corrected chi connectivity index (χ0v) is 12.8. The number of benzene rings is 1. The van der Waals surface area contributed by atoms with Gasteiger partial charge in [0.05, 0.1) is 12.5 Å². The Bertz CT molecular complexity index is 679. The molecule has 2 heterocycles. The third-order valence-corrected chi connectivity index (χ3v) is 4.52. The first-order valence-electron chi connectivity index (χ1n) is 7.12. The minimum absolute atomic E-state index is 0.0746. The number of aliphatic carboxylic acids is 1. The van der Waals surface area contributed by atoms with Crippen molar-refractivity contribution >= 4 is 23.4 Å². The standard InChI is InChI=1S/C17H17NO3S/c19-17(20)9-14(16-6-3-7-22-16)18-10-12-8-13-4-1-2-5-15(13)21-11-12/h1-8,14,18H,9-11H2,(H,19,20). The van der Waals surface area contributed by atoms with Gasteiger partial charge in [-0.3, -0.25) is 4.79 Å². The normalized spacial score (nSPS) is 14.6. The summed E-state index contributed by atoms with van der Waals surface area (Å²) in [4.78, 5) is 12.1. The molecule has 1 aliphatic heterocycles. The van der Waals surface area contributed by atoms with Crippen molar-refractivity contribution in [2.75, 3.05) is 13.2 Å². The quantitative estimate of drug-likeness (QED) is 0.858. The van der Waals surface area contributed by atoms with E-state index >= 15 is 0 Å². The number of rotatable bonds is 6. The molecular formula is C17H17NO3S. The summed E-state index contributed by atoms with van der Waals surface area (Å²) in [6.45, 7) is 1.15. The van der Waals surface area contributed by atoms with Crippen molar-refractivity contribution in [3.8, 4) is 5.75 Å². The fraction of sp³-hybridized carbons (Fsp3) is 0.235. The van der Waals surface area contributed by atoms with Gasteiger partial charge >= 0.3 is 5.97 Å². The molecule has 114 valence electrons. The number of thiophene rings is 1. The van der Waals surface area contributed by atoms with Crippen molar-refractivity contribution in [1.82, 2.24) is 5.32 Å². The van der Waals surface area contributed by atoms with Crippen molar-refractivity contribution in [3.05, 3.63) is 57.8 Å². The van der Waals surface area contributed by atoms with Gasteiger partial charge < -0.3 is 15.2 Å². The minimum atomic E-state index is -0.801. The number of ether oxygens (including phenoxy) is 1. The second kappa shape index (κ2) is 6.77. The molecule has 0 amide bonds. The largest absolute Gasteiger partial charge is 0.489 e. The second-order valence-corrected chi connectivity index (χ2v) is 6.16. The van der Waals surface area contributed by atoms with Crippen LogP contribution in [-0.4, -0.2) is 24.2 Å². The summed E-state index contributed by atoms with van der Waals surface area (Å²) in [6.07, 6.45) is 2.18. The number of hydrogen-bond donors (Lipinski definition) is 2. The summed E-state index contributed by atoms with van der Waals surface area (Å²) >= 11 is 1.57. The average Bonchev–Trinajstić information content (AvgIpc) is 3.05. The van der Waals surface area contributed by atoms with Crippen molar-refractivity contribution in [2.45, 2.75) is 12.5 Å². The van der Waals surface area contributed by atoms with Gasteiger partial charge in [-0.05, 0) is 29.2 Å². The van der Waals surface area contributed by atoms with Crippen molar-refractivity contribution in [1.29, 1.82) is 0 Å². The number of hydrogen-bond acceptors (Lipinski definition) is 4. The van der Waals surface area contributed by atoms with Crippen LogP contribution in [0.4, 0.5) is 0 Å². The zero-order chi connectivity index (χ0) is 15.4. The number of carboxylic acids is 1. The van der Waals surface area contributed by atoms with Gasteiger partial charge in [-0.25, -0.2) is 0 Å². The summed E-state index contributed by atoms with van der Waals surface area (Å²) in [5.41, 5.74) is 2.18. The summed E-state index contributed by atoms with van der Waals surface area (Å²) < 4.78 is 5.72. The summed E-state index contributed by atoms with van der Waals surface area (Å²) in [6, 6.07) is 11.6. The molecule has 1 unspecified atom stereocenters. The lowest BCUT2D eigenvalue weighted by Crippen LogP contribution is -2.27. The van der Waals surface area contributed by atoms with Crippen LogP contribution in [0.25, 0.3) is 6.08 Å². The Hall–Kier alpha value is -2.11. The van der Waals surface area contributed by atoms with Crippen LogP contribution in [0.5, 0.6) is 5.75 Å². The first-order chi connectivity index (χ1) is 10.7. The fourth-order valence-corrected chi connectivity index (χ4v) is 3.26. The van der Waals surface area contributed by atoms with Crippen LogP contribution in [-0.2, 0) is 4.79 Å². The van der Waals surface area contributed by atoms with E-state index in [0.717, 1.165) is 21.8 Å². The highest BCUT2D eigenvalue weighted by Gasteiger charge is 2.17. The smallest absolute Gasteiger partial charge is 0.305 e. The molecule has 1 atom stereocenters. The van der Waals surface area contributed by atoms with E-state index in [4.69, 9.17) is 9.84 Å². The summed E-state index contributed by atoms with van der Waals surface area (Å²) in [5.74, 6) is 0.0942. The molecule has 4 nitrogen and oxygen atoms in total. The Morgan fingerprint density at radius 2 is 2.18 bits per heavy atom. The number of fused-ring (bicyclic) bond motifs is 1. The summed E-state index contributed by atoms with van der Waals surface area (Å²) in [5, 5.41) is 14.4. The lowest BCUT2D eigenvalue weighted by Gasteiger charge is -2.21. The van der Waals surface area contributed by atoms with Gasteiger partial charge in [-0.2, -0.15) is 0 Å². The summed E-state index contributed by atoms with van der Waals surface area (Å²) in [7, 11) is 0. The molecule has 2 N–H and O–H groups in total. The molecular weight excluding hydrogens is 298 g/mol. The van der Waals surface area contributed by atoms with Gasteiger partial charge in [-0.15, -0.1) is 11.3 Å². The van der Waals surface area contributed by atoms with E-state index in [0.29, 0.717) is 13.2 Å². The van der Waals surface area contributed by atoms with E-state index in [2.05, 4.69) is 11.4 Å². The van der Waals surface area contributed by atoms with Gasteiger partial charge in [0, 0.05) is 17.0 Å². The number of carbonyl (C=O) groups is 1. The zero-order valence-electron chi connectivity index (χ0n) is 12.0. The maximum atomic E-state index is 11.0. The molecule has 1 aromatic carbocycles. The Morgan fingerprint density at radius 3 is 2.95 bits per heavy atom. The monoisotopic (exact) mass is 315 g/mol. The van der Waals surface area contributed by atoms with Crippen LogP contribution in [0.3, 0.4) is 0 Å². The molecule has 22 heavy (non-hydrogen) atoms. The molecule has 0 bridgehead atoms. The Balaban J connectivity index is 1.68. The minimum Gasteiger partial charge on any atom is -0.489 e. The van der Waals surface area contributed by atoms with Crippen molar-refractivity contribution in [3.63, 3.8) is 0 Å². The van der Waals surface area contributed by atoms with Crippen LogP contribution in [0.1, 0.15) is 22.9 Å². The van der Waals surface area contributed by atoms with Gasteiger partial charge in [0.15, 0.2) is 0 Å². The molecule has 0 radical (unpaired) electrons. The van der Waals surface area contributed by atoms with E-state index in [1.807, 2.05) is 41.8 Å². The third kappa shape index (κ3) is 3.55. The molecule has 0 aliphatic carbocycles. The number of carboxylic acid groups (broad SMARTS) is 1. The molecule has 1 aliphatic rings. The highest BCUT2D eigenvalue weighted by molar-refractivity contribution is 7.10. The lowest BCUT2D eigenvalue weighted by atomic mass is 10.1. The van der Waals surface area contributed by atoms with Crippen LogP contribution in [0.15, 0.2) is 47.4 Å². The van der Waals surface area contributed by atoms with Gasteiger partial charge in [0.25, 0.3) is 0 Å². The Kier molecular flexibility index (Phi) is 4.56. The van der Waals surface area contributed by atoms with E-state index in [1.165, 1.54) is 0 Å². The highest BCUT2D eigenvalue weighted by Crippen LogP contribution is 2.26. The molecule has 3 rings (SSSR count). The molecule has 0 spiro atoms. The molecule has 0 saturated heterocycles.